The van der Waals surface area contributed by atoms with E-state index in [-0.39, 0.29) is 12.2 Å². The fourth-order valence-electron chi connectivity index (χ4n) is 3.20. The fourth-order valence-corrected chi connectivity index (χ4v) is 3.95. The van der Waals surface area contributed by atoms with E-state index in [1.165, 1.54) is 6.08 Å². The molecule has 0 unspecified atom stereocenters. The highest BCUT2D eigenvalue weighted by atomic mass is 79.9. The first-order valence-electron chi connectivity index (χ1n) is 10.7. The lowest BCUT2D eigenvalue weighted by Crippen LogP contribution is -2.14. The molecule has 0 fully saturated rings. The Morgan fingerprint density at radius 3 is 2.49 bits per heavy atom. The van der Waals surface area contributed by atoms with Crippen LogP contribution in [0, 0.1) is 25.2 Å². The lowest BCUT2D eigenvalue weighted by Gasteiger charge is -2.15. The van der Waals surface area contributed by atoms with Crippen LogP contribution in [-0.4, -0.2) is 12.5 Å². The van der Waals surface area contributed by atoms with Crippen LogP contribution in [-0.2, 0) is 11.4 Å². The number of nitriles is 1. The van der Waals surface area contributed by atoms with Gasteiger partial charge in [-0.3, -0.25) is 4.79 Å². The van der Waals surface area contributed by atoms with Crippen LogP contribution in [0.5, 0.6) is 11.5 Å². The Kier molecular flexibility index (Phi) is 9.22. The minimum Gasteiger partial charge on any atom is -0.490 e. The molecule has 180 valence electrons. The number of carbonyl (C=O) groups is 1. The number of nitrogens with zero attached hydrogens (tertiary/aromatic N) is 1. The van der Waals surface area contributed by atoms with Crippen molar-refractivity contribution in [3.63, 3.8) is 0 Å². The zero-order valence-electron chi connectivity index (χ0n) is 19.4. The molecule has 0 saturated heterocycles. The van der Waals surface area contributed by atoms with Crippen molar-refractivity contribution in [2.24, 2.45) is 0 Å². The van der Waals surface area contributed by atoms with E-state index in [4.69, 9.17) is 32.7 Å². The number of nitrogens with one attached hydrogen (secondary N) is 1. The van der Waals surface area contributed by atoms with E-state index >= 15 is 0 Å². The summed E-state index contributed by atoms with van der Waals surface area (Å²) in [6, 6.07) is 16.5. The maximum atomic E-state index is 12.8. The van der Waals surface area contributed by atoms with Gasteiger partial charge in [-0.25, -0.2) is 0 Å². The number of carbonyl (C=O) groups excluding carboxylic acids is 1. The van der Waals surface area contributed by atoms with Crippen molar-refractivity contribution in [1.29, 1.82) is 5.26 Å². The minimum absolute atomic E-state index is 0.0430. The van der Waals surface area contributed by atoms with Crippen LogP contribution in [0.2, 0.25) is 10.0 Å². The van der Waals surface area contributed by atoms with E-state index in [1.54, 1.807) is 24.3 Å². The van der Waals surface area contributed by atoms with Crippen molar-refractivity contribution in [3.8, 4) is 17.6 Å². The highest BCUT2D eigenvalue weighted by Crippen LogP contribution is 2.36. The number of hydrogen-bond donors (Lipinski definition) is 1. The van der Waals surface area contributed by atoms with Crippen LogP contribution >= 0.6 is 39.1 Å². The molecule has 0 saturated carbocycles. The van der Waals surface area contributed by atoms with Crippen LogP contribution in [0.4, 0.5) is 5.69 Å². The second kappa shape index (κ2) is 12.1. The number of amides is 1. The van der Waals surface area contributed by atoms with Crippen LogP contribution in [0.1, 0.15) is 29.2 Å². The van der Waals surface area contributed by atoms with E-state index in [2.05, 4.69) is 21.2 Å². The average molecular weight is 574 g/mol. The van der Waals surface area contributed by atoms with Crippen LogP contribution < -0.4 is 14.8 Å². The average Bonchev–Trinajstić information content (AvgIpc) is 2.82. The summed E-state index contributed by atoms with van der Waals surface area (Å²) in [5.41, 5.74) is 3.98. The Labute approximate surface area is 223 Å². The molecule has 1 N–H and O–H groups in total. The predicted molar refractivity (Wildman–Crippen MR) is 144 cm³/mol. The summed E-state index contributed by atoms with van der Waals surface area (Å²) in [6.07, 6.45) is 1.51. The number of aryl methyl sites for hydroxylation is 2. The van der Waals surface area contributed by atoms with E-state index in [9.17, 15) is 10.1 Å². The minimum atomic E-state index is -0.494. The zero-order valence-corrected chi connectivity index (χ0v) is 22.5. The lowest BCUT2D eigenvalue weighted by atomic mass is 10.1. The maximum absolute atomic E-state index is 12.8. The summed E-state index contributed by atoms with van der Waals surface area (Å²) in [5, 5.41) is 13.4. The van der Waals surface area contributed by atoms with Crippen molar-refractivity contribution in [2.75, 3.05) is 11.9 Å². The van der Waals surface area contributed by atoms with Gasteiger partial charge in [-0.05, 0) is 79.4 Å². The second-order valence-electron chi connectivity index (χ2n) is 7.73. The Balaban J connectivity index is 1.86. The summed E-state index contributed by atoms with van der Waals surface area (Å²) in [4.78, 5) is 12.8. The molecule has 0 aromatic heterocycles. The highest BCUT2D eigenvalue weighted by Gasteiger charge is 2.15. The molecule has 0 aliphatic carbocycles. The van der Waals surface area contributed by atoms with Crippen molar-refractivity contribution >= 4 is 56.8 Å². The van der Waals surface area contributed by atoms with Crippen LogP contribution in [0.25, 0.3) is 6.08 Å². The van der Waals surface area contributed by atoms with Gasteiger partial charge in [-0.2, -0.15) is 5.26 Å². The van der Waals surface area contributed by atoms with Crippen LogP contribution in [0.15, 0.2) is 58.6 Å². The molecule has 0 radical (unpaired) electrons. The van der Waals surface area contributed by atoms with Gasteiger partial charge >= 0.3 is 0 Å². The Hall–Kier alpha value is -2.98. The monoisotopic (exact) mass is 572 g/mol. The number of ether oxygens (including phenoxy) is 2. The van der Waals surface area contributed by atoms with Gasteiger partial charge in [0, 0.05) is 10.2 Å². The largest absolute Gasteiger partial charge is 0.490 e. The summed E-state index contributed by atoms with van der Waals surface area (Å²) in [6.45, 7) is 6.35. The van der Waals surface area contributed by atoms with Gasteiger partial charge in [0.15, 0.2) is 11.5 Å². The van der Waals surface area contributed by atoms with Gasteiger partial charge in [0.25, 0.3) is 5.91 Å². The standard InChI is InChI=1S/C27H23BrCl2N2O3/c1-4-34-25-12-19(11-20(14-31)27(33)32-24-9-16(2)5-6-17(24)3)21(28)13-26(25)35-15-18-7-8-22(29)23(30)10-18/h5-13H,4,15H2,1-3H3,(H,32,33)/b20-11+. The molecular weight excluding hydrogens is 551 g/mol. The quantitative estimate of drug-likeness (QED) is 0.219. The molecule has 0 aliphatic heterocycles. The molecule has 0 heterocycles. The molecule has 0 spiro atoms. The lowest BCUT2D eigenvalue weighted by molar-refractivity contribution is -0.112. The van der Waals surface area contributed by atoms with Crippen LogP contribution in [0.3, 0.4) is 0 Å². The summed E-state index contributed by atoms with van der Waals surface area (Å²) < 4.78 is 12.4. The van der Waals surface area contributed by atoms with Gasteiger partial charge in [-0.15, -0.1) is 0 Å². The van der Waals surface area contributed by atoms with Gasteiger partial charge in [0.05, 0.1) is 16.7 Å². The summed E-state index contributed by atoms with van der Waals surface area (Å²) in [7, 11) is 0. The molecule has 3 rings (SSSR count). The highest BCUT2D eigenvalue weighted by molar-refractivity contribution is 9.10. The Morgan fingerprint density at radius 2 is 1.80 bits per heavy atom. The molecule has 35 heavy (non-hydrogen) atoms. The first kappa shape index (κ1) is 26.6. The van der Waals surface area contributed by atoms with Crippen molar-refractivity contribution < 1.29 is 14.3 Å². The Morgan fingerprint density at radius 1 is 1.06 bits per heavy atom. The van der Waals surface area contributed by atoms with Gasteiger partial charge in [0.1, 0.15) is 18.2 Å². The van der Waals surface area contributed by atoms with E-state index in [0.717, 1.165) is 16.7 Å². The third-order valence-electron chi connectivity index (χ3n) is 5.05. The molecule has 3 aromatic rings. The van der Waals surface area contributed by atoms with E-state index in [1.807, 2.05) is 51.1 Å². The first-order valence-corrected chi connectivity index (χ1v) is 12.3. The van der Waals surface area contributed by atoms with Crippen molar-refractivity contribution in [3.05, 3.63) is 90.9 Å². The number of hydrogen-bond acceptors (Lipinski definition) is 4. The second-order valence-corrected chi connectivity index (χ2v) is 9.40. The van der Waals surface area contributed by atoms with E-state index in [0.29, 0.717) is 43.9 Å². The third kappa shape index (κ3) is 7.02. The maximum Gasteiger partial charge on any atom is 0.266 e. The van der Waals surface area contributed by atoms with Crippen molar-refractivity contribution in [2.45, 2.75) is 27.4 Å². The molecule has 8 heteroatoms. The normalized spacial score (nSPS) is 11.1. The van der Waals surface area contributed by atoms with Gasteiger partial charge in [-0.1, -0.05) is 57.3 Å². The van der Waals surface area contributed by atoms with E-state index < -0.39 is 5.91 Å². The molecule has 0 bridgehead atoms. The molecule has 1 amide bonds. The molecule has 0 atom stereocenters. The SMILES string of the molecule is CCOc1cc(/C=C(\C#N)C(=O)Nc2cc(C)ccc2C)c(Br)cc1OCc1ccc(Cl)c(Cl)c1. The fraction of sp³-hybridized carbons (Fsp3) is 0.185. The number of halogens is 3. The third-order valence-corrected chi connectivity index (χ3v) is 6.47. The zero-order chi connectivity index (χ0) is 25.5. The van der Waals surface area contributed by atoms with Gasteiger partial charge < -0.3 is 14.8 Å². The summed E-state index contributed by atoms with van der Waals surface area (Å²) >= 11 is 15.6. The smallest absolute Gasteiger partial charge is 0.266 e. The number of anilines is 1. The number of rotatable bonds is 8. The molecule has 5 nitrogen and oxygen atoms in total. The number of benzene rings is 3. The topological polar surface area (TPSA) is 71.3 Å². The molecule has 0 aliphatic rings. The van der Waals surface area contributed by atoms with Crippen molar-refractivity contribution in [1.82, 2.24) is 0 Å². The predicted octanol–water partition coefficient (Wildman–Crippen LogP) is 7.90. The van der Waals surface area contributed by atoms with Gasteiger partial charge in [0.2, 0.25) is 0 Å². The molecular formula is C27H23BrCl2N2O3. The summed E-state index contributed by atoms with van der Waals surface area (Å²) in [5.74, 6) is 0.487. The Bertz CT molecular complexity index is 1330. The molecule has 3 aromatic carbocycles. The first-order chi connectivity index (χ1) is 16.7.